The Kier molecular flexibility index (Phi) is 13.8. The summed E-state index contributed by atoms with van der Waals surface area (Å²) in [6.07, 6.45) is 2.09. The third kappa shape index (κ3) is 11.5. The van der Waals surface area contributed by atoms with Crippen LogP contribution in [0, 0.1) is 11.6 Å². The minimum Gasteiger partial charge on any atom is -0.456 e. The lowest BCUT2D eigenvalue weighted by atomic mass is 10.1. The van der Waals surface area contributed by atoms with Crippen LogP contribution in [-0.4, -0.2) is 90.2 Å². The van der Waals surface area contributed by atoms with E-state index in [-0.39, 0.29) is 42.2 Å². The number of ether oxygens (including phenoxy) is 4. The number of rotatable bonds is 14. The van der Waals surface area contributed by atoms with Crippen molar-refractivity contribution in [1.29, 1.82) is 0 Å². The maximum absolute atomic E-state index is 16.4. The van der Waals surface area contributed by atoms with Gasteiger partial charge in [0.1, 0.15) is 53.0 Å². The molecule has 13 nitrogen and oxygen atoms in total. The number of benzene rings is 2. The van der Waals surface area contributed by atoms with Gasteiger partial charge in [-0.05, 0) is 97.5 Å². The molecule has 2 amide bonds. The van der Waals surface area contributed by atoms with Gasteiger partial charge >= 0.3 is 12.2 Å². The first-order valence-electron chi connectivity index (χ1n) is 23.1. The van der Waals surface area contributed by atoms with Crippen molar-refractivity contribution in [1.82, 2.24) is 24.3 Å². The predicted octanol–water partition coefficient (Wildman–Crippen LogP) is 11.8. The van der Waals surface area contributed by atoms with E-state index in [0.717, 1.165) is 30.8 Å². The van der Waals surface area contributed by atoms with E-state index in [0.29, 0.717) is 67.0 Å². The summed E-state index contributed by atoms with van der Waals surface area (Å²) in [4.78, 5) is 38.8. The van der Waals surface area contributed by atoms with E-state index in [1.807, 2.05) is 50.7 Å². The molecule has 2 atom stereocenters. The zero-order chi connectivity index (χ0) is 47.2. The van der Waals surface area contributed by atoms with Crippen LogP contribution in [0.1, 0.15) is 91.0 Å². The number of carbonyl (C=O) groups excluding carboxylic acids is 2. The number of hydrogen-bond acceptors (Lipinski definition) is 8. The molecule has 0 radical (unpaired) electrons. The Morgan fingerprint density at radius 2 is 1.32 bits per heavy atom. The molecule has 354 valence electrons. The van der Waals surface area contributed by atoms with E-state index in [2.05, 4.69) is 44.3 Å². The first-order chi connectivity index (χ1) is 30.4. The minimum atomic E-state index is -1.38. The van der Waals surface area contributed by atoms with Crippen LogP contribution in [0.5, 0.6) is 0 Å². The van der Waals surface area contributed by atoms with Gasteiger partial charge in [0.05, 0.1) is 28.2 Å². The Labute approximate surface area is 383 Å². The molecule has 2 fully saturated rings. The molecule has 0 spiro atoms. The van der Waals surface area contributed by atoms with E-state index in [1.165, 1.54) is 12.1 Å². The fourth-order valence-corrected chi connectivity index (χ4v) is 9.93. The molecule has 5 heterocycles. The number of furan rings is 1. The summed E-state index contributed by atoms with van der Waals surface area (Å²) >= 11 is 0. The van der Waals surface area contributed by atoms with Crippen molar-refractivity contribution in [2.45, 2.75) is 155 Å². The number of aromatic amines is 1. The molecule has 1 N–H and O–H groups in total. The molecular formula is C48H69F2N6O7Si2+. The molecule has 0 bridgehead atoms. The van der Waals surface area contributed by atoms with Gasteiger partial charge in [-0.25, -0.2) is 32.9 Å². The summed E-state index contributed by atoms with van der Waals surface area (Å²) < 4.78 is 66.9. The van der Waals surface area contributed by atoms with Gasteiger partial charge in [0.25, 0.3) is 5.82 Å². The molecule has 2 aliphatic heterocycles. The van der Waals surface area contributed by atoms with Crippen LogP contribution in [0.2, 0.25) is 51.4 Å². The number of H-pyrrole nitrogens is 1. The lowest BCUT2D eigenvalue weighted by Gasteiger charge is -2.28. The predicted molar refractivity (Wildman–Crippen MR) is 253 cm³/mol. The number of halogens is 2. The molecule has 2 aliphatic rings. The number of nitrogens with one attached hydrogen (secondary N) is 1. The van der Waals surface area contributed by atoms with Crippen LogP contribution in [0.3, 0.4) is 0 Å². The lowest BCUT2D eigenvalue weighted by Crippen LogP contribution is -2.44. The fraction of sp³-hybridized carbons (Fsp3) is 0.583. The number of fused-ring (bicyclic) bond motifs is 2. The molecule has 65 heavy (non-hydrogen) atoms. The molecular weight excluding hydrogens is 867 g/mol. The van der Waals surface area contributed by atoms with E-state index < -0.39 is 57.2 Å². The highest BCUT2D eigenvalue weighted by Gasteiger charge is 2.41. The summed E-state index contributed by atoms with van der Waals surface area (Å²) in [6, 6.07) is 10.7. The fourth-order valence-electron chi connectivity index (χ4n) is 8.42. The molecule has 0 saturated carbocycles. The van der Waals surface area contributed by atoms with Crippen molar-refractivity contribution in [3.63, 3.8) is 0 Å². The second kappa shape index (κ2) is 18.6. The Balaban J connectivity index is 1.23. The third-order valence-electron chi connectivity index (χ3n) is 11.7. The zero-order valence-corrected chi connectivity index (χ0v) is 42.5. The van der Waals surface area contributed by atoms with Crippen molar-refractivity contribution < 1.29 is 46.3 Å². The highest BCUT2D eigenvalue weighted by molar-refractivity contribution is 6.76. The Hall–Kier alpha value is -4.59. The van der Waals surface area contributed by atoms with Crippen LogP contribution in [-0.2, 0) is 32.4 Å². The third-order valence-corrected chi connectivity index (χ3v) is 15.2. The highest BCUT2D eigenvalue weighted by Crippen LogP contribution is 2.39. The number of hydrogen-bond donors (Lipinski definition) is 1. The number of imidazole rings is 2. The van der Waals surface area contributed by atoms with Crippen LogP contribution >= 0.6 is 0 Å². The van der Waals surface area contributed by atoms with Crippen molar-refractivity contribution in [2.75, 3.05) is 26.3 Å². The first-order valence-corrected chi connectivity index (χ1v) is 30.5. The molecule has 2 aromatic carbocycles. The van der Waals surface area contributed by atoms with Gasteiger partial charge in [-0.1, -0.05) is 39.3 Å². The quantitative estimate of drug-likeness (QED) is 0.0662. The van der Waals surface area contributed by atoms with Crippen molar-refractivity contribution in [3.05, 3.63) is 59.7 Å². The smallest absolute Gasteiger partial charge is 0.411 e. The molecule has 5 aromatic rings. The second-order valence-electron chi connectivity index (χ2n) is 22.0. The zero-order valence-electron chi connectivity index (χ0n) is 40.5. The summed E-state index contributed by atoms with van der Waals surface area (Å²) in [5, 5.41) is 0. The SMILES string of the molecule is CC(C)(C)OC(=O)N1CCC[C@H]1c1nc2cc(-c3ccc(-c4cc5[nH]c([C@@H]6CCCN6C(=O)OC(C)(C)C)[n+](COCC[Si](C)(C)C)c5cc4F)o3)c(F)cc2n1COCC[Si](C)(C)C. The van der Waals surface area contributed by atoms with Gasteiger partial charge in [0.15, 0.2) is 17.8 Å². The maximum atomic E-state index is 16.4. The number of nitrogens with zero attached hydrogens (tertiary/aromatic N) is 5. The summed E-state index contributed by atoms with van der Waals surface area (Å²) in [5.74, 6) is 0.652. The van der Waals surface area contributed by atoms with Crippen LogP contribution in [0.15, 0.2) is 40.8 Å². The standard InChI is InChI=1S/C48H68F2N6O7Si2/c1-47(2,3)62-45(57)53-19-13-15-37(53)43-51-35-25-31(33(49)27-39(35)55(43)29-59-21-23-64(7,8)9)41-17-18-42(61-41)32-26-36-40(28-34(32)50)56(30-60-22-24-65(10,11)12)44(52-36)38-16-14-20-54(38)46(58)63-48(4,5)6/h17-18,25-28,37-38H,13-16,19-24,29-30H2,1-12H3/p+1/t37-,38-/m0/s1. The molecule has 0 unspecified atom stereocenters. The topological polar surface area (TPSA) is 128 Å². The maximum Gasteiger partial charge on any atom is 0.411 e. The Morgan fingerprint density at radius 1 is 0.785 bits per heavy atom. The normalized spacial score (nSPS) is 17.6. The average molecular weight is 936 g/mol. The Morgan fingerprint density at radius 3 is 1.91 bits per heavy atom. The van der Waals surface area contributed by atoms with Crippen LogP contribution in [0.25, 0.3) is 44.7 Å². The summed E-state index contributed by atoms with van der Waals surface area (Å²) in [6.45, 7) is 27.2. The number of likely N-dealkylation sites (tertiary alicyclic amines) is 2. The molecule has 0 aliphatic carbocycles. The summed E-state index contributed by atoms with van der Waals surface area (Å²) in [5.41, 5.74) is 1.26. The number of carbonyl (C=O) groups is 2. The second-order valence-corrected chi connectivity index (χ2v) is 33.3. The van der Waals surface area contributed by atoms with Gasteiger partial charge in [-0.2, -0.15) is 0 Å². The van der Waals surface area contributed by atoms with E-state index >= 15 is 8.78 Å². The first kappa shape index (κ1) is 48.3. The van der Waals surface area contributed by atoms with Gasteiger partial charge < -0.3 is 27.9 Å². The molecule has 2 saturated heterocycles. The van der Waals surface area contributed by atoms with Crippen molar-refractivity contribution in [2.24, 2.45) is 0 Å². The Bertz CT molecular complexity index is 2360. The average Bonchev–Trinajstić information content (AvgIpc) is 4.02. The van der Waals surface area contributed by atoms with Gasteiger partial charge in [-0.3, -0.25) is 9.80 Å². The van der Waals surface area contributed by atoms with Crippen LogP contribution < -0.4 is 4.57 Å². The number of aromatic nitrogens is 4. The van der Waals surface area contributed by atoms with Crippen molar-refractivity contribution in [3.8, 4) is 22.6 Å². The van der Waals surface area contributed by atoms with E-state index in [9.17, 15) is 9.59 Å². The van der Waals surface area contributed by atoms with Crippen molar-refractivity contribution >= 4 is 50.4 Å². The molecule has 17 heteroatoms. The number of amides is 2. The van der Waals surface area contributed by atoms with E-state index in [4.69, 9.17) is 28.3 Å². The highest BCUT2D eigenvalue weighted by atomic mass is 28.3. The minimum absolute atomic E-state index is 0.144. The molecule has 3 aromatic heterocycles. The lowest BCUT2D eigenvalue weighted by molar-refractivity contribution is -0.717. The summed E-state index contributed by atoms with van der Waals surface area (Å²) in [7, 11) is -2.76. The monoisotopic (exact) mass is 935 g/mol. The van der Waals surface area contributed by atoms with Gasteiger partial charge in [0, 0.05) is 60.7 Å². The van der Waals surface area contributed by atoms with Gasteiger partial charge in [-0.15, -0.1) is 0 Å². The van der Waals surface area contributed by atoms with E-state index in [1.54, 1.807) is 34.1 Å². The van der Waals surface area contributed by atoms with Gasteiger partial charge in [0.2, 0.25) is 0 Å². The molecule has 7 rings (SSSR count). The largest absolute Gasteiger partial charge is 0.456 e. The van der Waals surface area contributed by atoms with Crippen LogP contribution in [0.4, 0.5) is 18.4 Å².